The third kappa shape index (κ3) is 3.21. The van der Waals surface area contributed by atoms with E-state index >= 15 is 0 Å². The van der Waals surface area contributed by atoms with Crippen molar-refractivity contribution in [3.8, 4) is 6.07 Å². The third-order valence-corrected chi connectivity index (χ3v) is 5.71. The van der Waals surface area contributed by atoms with Crippen LogP contribution in [0.2, 0.25) is 0 Å². The summed E-state index contributed by atoms with van der Waals surface area (Å²) in [6, 6.07) is 14.1. The Morgan fingerprint density at radius 2 is 2.03 bits per heavy atom. The Balaban J connectivity index is 2.01. The zero-order valence-corrected chi connectivity index (χ0v) is 17.0. The van der Waals surface area contributed by atoms with E-state index in [-0.39, 0.29) is 11.2 Å². The van der Waals surface area contributed by atoms with Crippen molar-refractivity contribution in [3.05, 3.63) is 82.6 Å². The van der Waals surface area contributed by atoms with Gasteiger partial charge in [-0.1, -0.05) is 26.0 Å². The molecule has 0 saturated carbocycles. The van der Waals surface area contributed by atoms with E-state index in [4.69, 9.17) is 5.73 Å². The number of hydrogen-bond donors (Lipinski definition) is 1. The van der Waals surface area contributed by atoms with Crippen LogP contribution in [0.15, 0.2) is 71.5 Å². The predicted molar refractivity (Wildman–Crippen MR) is 111 cm³/mol. The van der Waals surface area contributed by atoms with E-state index in [2.05, 4.69) is 24.9 Å². The molecule has 1 atom stereocenters. The number of nitriles is 1. The number of Topliss-reactive ketones (excluding diaryl/α,β-unsaturated/α-hetero) is 1. The number of aromatic amines is 1. The number of H-pyrrole nitrogens is 1. The van der Waals surface area contributed by atoms with Crippen LogP contribution in [0.4, 0.5) is 5.69 Å². The molecule has 1 unspecified atom stereocenters. The number of rotatable bonds is 2. The molecule has 0 spiro atoms. The van der Waals surface area contributed by atoms with Gasteiger partial charge in [-0.05, 0) is 42.5 Å². The Bertz CT molecular complexity index is 1090. The molecule has 2 aromatic rings. The lowest BCUT2D eigenvalue weighted by Crippen LogP contribution is -2.42. The largest absolute Gasteiger partial charge is 0.384 e. The first kappa shape index (κ1) is 18.9. The Morgan fingerprint density at radius 1 is 1.24 bits per heavy atom. The van der Waals surface area contributed by atoms with Crippen LogP contribution >= 0.6 is 0 Å². The molecule has 1 aromatic carbocycles. The summed E-state index contributed by atoms with van der Waals surface area (Å²) in [6.07, 6.45) is 4.83. The number of nitrogens with two attached hydrogens (primary N) is 1. The molecule has 1 aliphatic heterocycles. The highest BCUT2D eigenvalue weighted by Gasteiger charge is 2.45. The number of anilines is 1. The first-order chi connectivity index (χ1) is 13.8. The second-order valence-corrected chi connectivity index (χ2v) is 8.66. The average Bonchev–Trinajstić information content (AvgIpc) is 2.67. The van der Waals surface area contributed by atoms with E-state index in [1.165, 1.54) is 0 Å². The molecule has 146 valence electrons. The van der Waals surface area contributed by atoms with Gasteiger partial charge in [0, 0.05) is 35.0 Å². The van der Waals surface area contributed by atoms with Crippen LogP contribution in [-0.4, -0.2) is 5.78 Å². The average molecular weight is 385 g/mol. The molecule has 4 rings (SSSR count). The van der Waals surface area contributed by atoms with Crippen LogP contribution in [-0.2, 0) is 4.79 Å². The second kappa shape index (κ2) is 6.89. The van der Waals surface area contributed by atoms with Gasteiger partial charge in [-0.3, -0.25) is 9.69 Å². The number of carbonyl (C=O) groups excluding carboxylic acids is 1. The molecule has 1 aromatic heterocycles. The zero-order valence-electron chi connectivity index (χ0n) is 17.0. The number of pyridine rings is 1. The van der Waals surface area contributed by atoms with Gasteiger partial charge in [-0.25, -0.2) is 4.98 Å². The molecule has 0 amide bonds. The first-order valence-electron chi connectivity index (χ1n) is 9.81. The van der Waals surface area contributed by atoms with Crippen LogP contribution in [0.1, 0.15) is 43.7 Å². The topological polar surface area (TPSA) is 84.3 Å². The van der Waals surface area contributed by atoms with Crippen LogP contribution < -0.4 is 15.6 Å². The fourth-order valence-corrected chi connectivity index (χ4v) is 4.49. The van der Waals surface area contributed by atoms with Crippen molar-refractivity contribution in [1.29, 1.82) is 5.26 Å². The number of nitrogens with one attached hydrogen (secondary N) is 1. The molecule has 5 heteroatoms. The van der Waals surface area contributed by atoms with Gasteiger partial charge in [0.15, 0.2) is 18.2 Å². The smallest absolute Gasteiger partial charge is 0.171 e. The number of aromatic nitrogens is 1. The molecule has 5 nitrogen and oxygen atoms in total. The molecule has 29 heavy (non-hydrogen) atoms. The fourth-order valence-electron chi connectivity index (χ4n) is 4.49. The van der Waals surface area contributed by atoms with E-state index in [0.717, 1.165) is 22.5 Å². The normalized spacial score (nSPS) is 21.1. The van der Waals surface area contributed by atoms with E-state index in [0.29, 0.717) is 29.8 Å². The summed E-state index contributed by atoms with van der Waals surface area (Å²) in [7, 11) is 0. The maximum atomic E-state index is 13.4. The van der Waals surface area contributed by atoms with Gasteiger partial charge in [0.2, 0.25) is 0 Å². The first-order valence-corrected chi connectivity index (χ1v) is 9.81. The standard InChI is InChI=1S/C24H24N4O/c1-15-6-4-8-17(10-15)28-19-11-24(2,3)12-20(29)22(19)21(18(13-25)23(28)26)16-7-5-9-27-14-16/h4-10,14,21H,11-12,26H2,1-3H3/p+1. The number of ketones is 1. The fraction of sp³-hybridized carbons (Fsp3) is 0.292. The molecular formula is C24H25N4O+. The van der Waals surface area contributed by atoms with Gasteiger partial charge < -0.3 is 5.73 Å². The number of nitrogens with zero attached hydrogens (tertiary/aromatic N) is 2. The molecule has 0 fully saturated rings. The van der Waals surface area contributed by atoms with Crippen molar-refractivity contribution in [2.24, 2.45) is 11.1 Å². The Hall–Kier alpha value is -3.39. The number of carbonyl (C=O) groups is 1. The van der Waals surface area contributed by atoms with Gasteiger partial charge in [-0.2, -0.15) is 5.26 Å². The summed E-state index contributed by atoms with van der Waals surface area (Å²) >= 11 is 0. The summed E-state index contributed by atoms with van der Waals surface area (Å²) in [5.74, 6) is 0.0383. The van der Waals surface area contributed by atoms with Crippen molar-refractivity contribution in [1.82, 2.24) is 0 Å². The van der Waals surface area contributed by atoms with E-state index < -0.39 is 5.92 Å². The molecular weight excluding hydrogens is 360 g/mol. The Labute approximate surface area is 171 Å². The van der Waals surface area contributed by atoms with Crippen molar-refractivity contribution < 1.29 is 9.78 Å². The lowest BCUT2D eigenvalue weighted by Gasteiger charge is -2.43. The minimum Gasteiger partial charge on any atom is -0.384 e. The van der Waals surface area contributed by atoms with E-state index in [1.54, 1.807) is 0 Å². The van der Waals surface area contributed by atoms with Gasteiger partial charge in [0.25, 0.3) is 0 Å². The van der Waals surface area contributed by atoms with Crippen molar-refractivity contribution in [3.63, 3.8) is 0 Å². The minimum absolute atomic E-state index is 0.0861. The summed E-state index contributed by atoms with van der Waals surface area (Å²) < 4.78 is 0. The second-order valence-electron chi connectivity index (χ2n) is 8.66. The molecule has 1 aliphatic carbocycles. The van der Waals surface area contributed by atoms with Crippen molar-refractivity contribution in [2.45, 2.75) is 39.5 Å². The van der Waals surface area contributed by atoms with Gasteiger partial charge in [0.05, 0.1) is 17.6 Å². The maximum Gasteiger partial charge on any atom is 0.171 e. The summed E-state index contributed by atoms with van der Waals surface area (Å²) in [5, 5.41) is 10.0. The summed E-state index contributed by atoms with van der Waals surface area (Å²) in [4.78, 5) is 18.4. The van der Waals surface area contributed by atoms with Gasteiger partial charge >= 0.3 is 0 Å². The maximum absolute atomic E-state index is 13.4. The number of benzene rings is 1. The number of hydrogen-bond acceptors (Lipinski definition) is 4. The van der Waals surface area contributed by atoms with Crippen LogP contribution in [0.3, 0.4) is 0 Å². The third-order valence-electron chi connectivity index (χ3n) is 5.71. The minimum atomic E-state index is -0.447. The summed E-state index contributed by atoms with van der Waals surface area (Å²) in [5.41, 5.74) is 11.3. The van der Waals surface area contributed by atoms with E-state index in [1.807, 2.05) is 60.6 Å². The predicted octanol–water partition coefficient (Wildman–Crippen LogP) is 3.75. The number of aryl methyl sites for hydroxylation is 1. The van der Waals surface area contributed by atoms with E-state index in [9.17, 15) is 10.1 Å². The van der Waals surface area contributed by atoms with Crippen LogP contribution in [0.5, 0.6) is 0 Å². The number of allylic oxidation sites excluding steroid dienone is 3. The lowest BCUT2D eigenvalue weighted by molar-refractivity contribution is -0.378. The highest BCUT2D eigenvalue weighted by atomic mass is 16.1. The SMILES string of the molecule is Cc1cccc(N2C(N)=C(C#N)C(c3ccc[nH+]c3)C3=C2CC(C)(C)CC3=O)c1. The van der Waals surface area contributed by atoms with Crippen LogP contribution in [0, 0.1) is 23.7 Å². The zero-order chi connectivity index (χ0) is 20.8. The molecule has 2 heterocycles. The Kier molecular flexibility index (Phi) is 4.50. The van der Waals surface area contributed by atoms with Crippen LogP contribution in [0.25, 0.3) is 0 Å². The lowest BCUT2D eigenvalue weighted by atomic mass is 9.68. The monoisotopic (exact) mass is 385 g/mol. The highest BCUT2D eigenvalue weighted by Crippen LogP contribution is 2.49. The quantitative estimate of drug-likeness (QED) is 0.853. The highest BCUT2D eigenvalue weighted by molar-refractivity contribution is 6.01. The molecule has 0 bridgehead atoms. The Morgan fingerprint density at radius 3 is 2.69 bits per heavy atom. The molecule has 2 aliphatic rings. The van der Waals surface area contributed by atoms with Gasteiger partial charge in [-0.15, -0.1) is 0 Å². The summed E-state index contributed by atoms with van der Waals surface area (Å²) in [6.45, 7) is 6.23. The molecule has 0 saturated heterocycles. The van der Waals surface area contributed by atoms with Gasteiger partial charge in [0.1, 0.15) is 5.82 Å². The van der Waals surface area contributed by atoms with Crippen molar-refractivity contribution in [2.75, 3.05) is 4.90 Å². The van der Waals surface area contributed by atoms with Crippen molar-refractivity contribution >= 4 is 11.5 Å². The molecule has 3 N–H and O–H groups in total. The molecule has 0 radical (unpaired) electrons.